The van der Waals surface area contributed by atoms with E-state index in [2.05, 4.69) is 4.98 Å². The molecule has 3 aromatic rings. The standard InChI is InChI=1S/C15H11ClFN/c1-9-2-4-10(5-3-9)14-7-11-6-12(16)8-13(17)15(11)18-14/h2-8,18H,1H3. The van der Waals surface area contributed by atoms with Crippen LogP contribution in [0.2, 0.25) is 5.02 Å². The van der Waals surface area contributed by atoms with Gasteiger partial charge in [-0.2, -0.15) is 0 Å². The van der Waals surface area contributed by atoms with Gasteiger partial charge >= 0.3 is 0 Å². The van der Waals surface area contributed by atoms with Crippen molar-refractivity contribution >= 4 is 22.5 Å². The number of aromatic amines is 1. The topological polar surface area (TPSA) is 15.8 Å². The molecule has 0 atom stereocenters. The predicted molar refractivity (Wildman–Crippen MR) is 73.4 cm³/mol. The second-order valence-electron chi connectivity index (χ2n) is 4.40. The molecule has 1 N–H and O–H groups in total. The summed E-state index contributed by atoms with van der Waals surface area (Å²) in [5.74, 6) is -0.323. The Bertz CT molecular complexity index is 713. The van der Waals surface area contributed by atoms with Crippen molar-refractivity contribution < 1.29 is 4.39 Å². The summed E-state index contributed by atoms with van der Waals surface area (Å²) in [7, 11) is 0. The van der Waals surface area contributed by atoms with E-state index in [4.69, 9.17) is 11.6 Å². The minimum atomic E-state index is -0.323. The van der Waals surface area contributed by atoms with Gasteiger partial charge in [0.05, 0.1) is 5.52 Å². The van der Waals surface area contributed by atoms with E-state index in [0.29, 0.717) is 10.5 Å². The number of aromatic nitrogens is 1. The largest absolute Gasteiger partial charge is 0.352 e. The van der Waals surface area contributed by atoms with E-state index in [0.717, 1.165) is 16.6 Å². The van der Waals surface area contributed by atoms with Crippen LogP contribution in [0.15, 0.2) is 42.5 Å². The summed E-state index contributed by atoms with van der Waals surface area (Å²) in [5.41, 5.74) is 3.62. The zero-order chi connectivity index (χ0) is 12.7. The monoisotopic (exact) mass is 259 g/mol. The normalized spacial score (nSPS) is 11.1. The molecule has 0 bridgehead atoms. The first-order valence-corrected chi connectivity index (χ1v) is 6.06. The van der Waals surface area contributed by atoms with Gasteiger partial charge in [0.2, 0.25) is 0 Å². The van der Waals surface area contributed by atoms with Crippen molar-refractivity contribution in [3.05, 3.63) is 58.9 Å². The second-order valence-corrected chi connectivity index (χ2v) is 4.84. The summed E-state index contributed by atoms with van der Waals surface area (Å²) < 4.78 is 13.7. The fourth-order valence-electron chi connectivity index (χ4n) is 2.05. The van der Waals surface area contributed by atoms with Gasteiger partial charge < -0.3 is 4.98 Å². The van der Waals surface area contributed by atoms with Gasteiger partial charge in [-0.05, 0) is 30.7 Å². The number of benzene rings is 2. The van der Waals surface area contributed by atoms with Gasteiger partial charge in [0.25, 0.3) is 0 Å². The Labute approximate surface area is 109 Å². The number of rotatable bonds is 1. The Kier molecular flexibility index (Phi) is 2.60. The van der Waals surface area contributed by atoms with Gasteiger partial charge in [0.1, 0.15) is 5.82 Å². The average Bonchev–Trinajstić information content (AvgIpc) is 2.74. The third kappa shape index (κ3) is 1.89. The van der Waals surface area contributed by atoms with Crippen molar-refractivity contribution in [2.24, 2.45) is 0 Å². The number of hydrogen-bond donors (Lipinski definition) is 1. The van der Waals surface area contributed by atoms with Gasteiger partial charge in [-0.3, -0.25) is 0 Å². The molecule has 2 aromatic carbocycles. The van der Waals surface area contributed by atoms with Crippen molar-refractivity contribution in [3.8, 4) is 11.3 Å². The van der Waals surface area contributed by atoms with E-state index >= 15 is 0 Å². The van der Waals surface area contributed by atoms with Crippen LogP contribution < -0.4 is 0 Å². The molecule has 0 aliphatic rings. The zero-order valence-electron chi connectivity index (χ0n) is 9.80. The van der Waals surface area contributed by atoms with Crippen LogP contribution in [0.1, 0.15) is 5.56 Å². The number of H-pyrrole nitrogens is 1. The van der Waals surface area contributed by atoms with E-state index in [1.165, 1.54) is 11.6 Å². The number of aryl methyl sites for hydroxylation is 1. The van der Waals surface area contributed by atoms with Crippen molar-refractivity contribution in [1.29, 1.82) is 0 Å². The smallest absolute Gasteiger partial charge is 0.148 e. The van der Waals surface area contributed by atoms with Gasteiger partial charge in [-0.25, -0.2) is 4.39 Å². The summed E-state index contributed by atoms with van der Waals surface area (Å²) >= 11 is 5.85. The average molecular weight is 260 g/mol. The summed E-state index contributed by atoms with van der Waals surface area (Å²) in [6, 6.07) is 13.1. The Morgan fingerprint density at radius 3 is 2.50 bits per heavy atom. The highest BCUT2D eigenvalue weighted by atomic mass is 35.5. The fraction of sp³-hybridized carbons (Fsp3) is 0.0667. The van der Waals surface area contributed by atoms with Crippen LogP contribution in [0.4, 0.5) is 4.39 Å². The molecule has 0 unspecified atom stereocenters. The summed E-state index contributed by atoms with van der Waals surface area (Å²) in [5, 5.41) is 1.20. The molecule has 0 amide bonds. The summed E-state index contributed by atoms with van der Waals surface area (Å²) in [6.07, 6.45) is 0. The summed E-state index contributed by atoms with van der Waals surface area (Å²) in [4.78, 5) is 3.09. The lowest BCUT2D eigenvalue weighted by Crippen LogP contribution is -1.79. The molecule has 0 radical (unpaired) electrons. The second kappa shape index (κ2) is 4.14. The van der Waals surface area contributed by atoms with Crippen molar-refractivity contribution in [2.75, 3.05) is 0 Å². The van der Waals surface area contributed by atoms with Crippen molar-refractivity contribution in [1.82, 2.24) is 4.98 Å². The molecular weight excluding hydrogens is 249 g/mol. The maximum Gasteiger partial charge on any atom is 0.148 e. The third-order valence-electron chi connectivity index (χ3n) is 3.01. The van der Waals surface area contributed by atoms with Crippen LogP contribution >= 0.6 is 11.6 Å². The molecule has 1 heterocycles. The first-order chi connectivity index (χ1) is 8.63. The van der Waals surface area contributed by atoms with Gasteiger partial charge in [0, 0.05) is 16.1 Å². The Balaban J connectivity index is 2.19. The molecule has 0 saturated heterocycles. The molecular formula is C15H11ClFN. The zero-order valence-corrected chi connectivity index (χ0v) is 10.6. The molecule has 0 aliphatic heterocycles. The first kappa shape index (κ1) is 11.3. The summed E-state index contributed by atoms with van der Waals surface area (Å²) in [6.45, 7) is 2.04. The molecule has 0 fully saturated rings. The van der Waals surface area contributed by atoms with E-state index in [1.807, 2.05) is 37.3 Å². The maximum atomic E-state index is 13.7. The fourth-order valence-corrected chi connectivity index (χ4v) is 2.27. The van der Waals surface area contributed by atoms with E-state index in [9.17, 15) is 4.39 Å². The quantitative estimate of drug-likeness (QED) is 0.637. The molecule has 3 rings (SSSR count). The lowest BCUT2D eigenvalue weighted by molar-refractivity contribution is 0.637. The Morgan fingerprint density at radius 2 is 1.78 bits per heavy atom. The van der Waals surface area contributed by atoms with Crippen LogP contribution in [-0.4, -0.2) is 4.98 Å². The highest BCUT2D eigenvalue weighted by Crippen LogP contribution is 2.28. The van der Waals surface area contributed by atoms with Crippen molar-refractivity contribution in [3.63, 3.8) is 0 Å². The van der Waals surface area contributed by atoms with Crippen LogP contribution in [0.25, 0.3) is 22.2 Å². The van der Waals surface area contributed by atoms with Crippen LogP contribution in [0.5, 0.6) is 0 Å². The highest BCUT2D eigenvalue weighted by Gasteiger charge is 2.08. The molecule has 3 heteroatoms. The lowest BCUT2D eigenvalue weighted by atomic mass is 10.1. The maximum absolute atomic E-state index is 13.7. The highest BCUT2D eigenvalue weighted by molar-refractivity contribution is 6.31. The van der Waals surface area contributed by atoms with Crippen LogP contribution in [0, 0.1) is 12.7 Å². The molecule has 1 aromatic heterocycles. The first-order valence-electron chi connectivity index (χ1n) is 5.68. The lowest BCUT2D eigenvalue weighted by Gasteiger charge is -1.98. The van der Waals surface area contributed by atoms with E-state index in [-0.39, 0.29) is 5.82 Å². The minimum absolute atomic E-state index is 0.323. The number of halogens is 2. The SMILES string of the molecule is Cc1ccc(-c2cc3cc(Cl)cc(F)c3[nH]2)cc1. The molecule has 0 spiro atoms. The molecule has 0 saturated carbocycles. The van der Waals surface area contributed by atoms with Gasteiger partial charge in [-0.15, -0.1) is 0 Å². The molecule has 1 nitrogen and oxygen atoms in total. The molecule has 90 valence electrons. The Hall–Kier alpha value is -1.80. The van der Waals surface area contributed by atoms with Gasteiger partial charge in [-0.1, -0.05) is 41.4 Å². The number of nitrogens with one attached hydrogen (secondary N) is 1. The third-order valence-corrected chi connectivity index (χ3v) is 3.23. The van der Waals surface area contributed by atoms with Crippen LogP contribution in [0.3, 0.4) is 0 Å². The Morgan fingerprint density at radius 1 is 1.06 bits per heavy atom. The molecule has 0 aliphatic carbocycles. The predicted octanol–water partition coefficient (Wildman–Crippen LogP) is 4.94. The van der Waals surface area contributed by atoms with Crippen LogP contribution in [-0.2, 0) is 0 Å². The van der Waals surface area contributed by atoms with E-state index in [1.54, 1.807) is 6.07 Å². The number of hydrogen-bond acceptors (Lipinski definition) is 0. The van der Waals surface area contributed by atoms with Crippen molar-refractivity contribution in [2.45, 2.75) is 6.92 Å². The number of fused-ring (bicyclic) bond motifs is 1. The van der Waals surface area contributed by atoms with E-state index < -0.39 is 0 Å². The molecule has 18 heavy (non-hydrogen) atoms. The minimum Gasteiger partial charge on any atom is -0.352 e. The van der Waals surface area contributed by atoms with Gasteiger partial charge in [0.15, 0.2) is 0 Å².